The number of carbonyl (C=O) groups excluding carboxylic acids is 6. The molecule has 220 valence electrons. The number of hydrogen-bond donors (Lipinski definition) is 9. The van der Waals surface area contributed by atoms with Crippen LogP contribution in [0.2, 0.25) is 0 Å². The lowest BCUT2D eigenvalue weighted by Crippen LogP contribution is -2.57. The fourth-order valence-corrected chi connectivity index (χ4v) is 3.26. The summed E-state index contributed by atoms with van der Waals surface area (Å²) in [5.74, 6) is -6.07. The number of benzene rings is 1. The van der Waals surface area contributed by atoms with Crippen LogP contribution in [-0.2, 0) is 40.0 Å². The molecule has 1 aromatic rings. The Morgan fingerprint density at radius 1 is 0.800 bits per heavy atom. The molecule has 0 spiro atoms. The van der Waals surface area contributed by atoms with Crippen molar-refractivity contribution in [2.75, 3.05) is 6.54 Å². The van der Waals surface area contributed by atoms with Crippen molar-refractivity contribution in [2.24, 2.45) is 17.2 Å². The number of carbonyl (C=O) groups is 7. The number of nitrogens with one attached hydrogen (secondary N) is 4. The number of aliphatic carboxylic acids is 1. The molecule has 0 aliphatic carbocycles. The summed E-state index contributed by atoms with van der Waals surface area (Å²) < 4.78 is 0. The van der Waals surface area contributed by atoms with E-state index >= 15 is 0 Å². The molecular weight excluding hydrogens is 530 g/mol. The predicted octanol–water partition coefficient (Wildman–Crippen LogP) is -3.53. The Morgan fingerprint density at radius 3 is 1.90 bits per heavy atom. The van der Waals surface area contributed by atoms with Crippen LogP contribution in [0.15, 0.2) is 24.3 Å². The van der Waals surface area contributed by atoms with Gasteiger partial charge in [0.05, 0.1) is 12.6 Å². The Balaban J connectivity index is 3.06. The number of carboxylic acid groups (broad SMARTS) is 1. The van der Waals surface area contributed by atoms with E-state index in [1.54, 1.807) is 0 Å². The monoisotopic (exact) mass is 565 g/mol. The molecule has 16 heteroatoms. The Hall–Kier alpha value is -4.73. The van der Waals surface area contributed by atoms with Crippen molar-refractivity contribution in [3.8, 4) is 5.75 Å². The molecule has 0 unspecified atom stereocenters. The highest BCUT2D eigenvalue weighted by Gasteiger charge is 2.29. The van der Waals surface area contributed by atoms with Gasteiger partial charge in [-0.2, -0.15) is 0 Å². The molecule has 0 fully saturated rings. The maximum atomic E-state index is 13.1. The lowest BCUT2D eigenvalue weighted by molar-refractivity contribution is -0.141. The number of phenolic OH excluding ortho intramolecular Hbond substituents is 1. The predicted molar refractivity (Wildman–Crippen MR) is 139 cm³/mol. The topological polar surface area (TPSA) is 286 Å². The van der Waals surface area contributed by atoms with Gasteiger partial charge < -0.3 is 48.7 Å². The van der Waals surface area contributed by atoms with E-state index in [0.717, 1.165) is 0 Å². The zero-order valence-electron chi connectivity index (χ0n) is 21.8. The third-order valence-electron chi connectivity index (χ3n) is 5.53. The van der Waals surface area contributed by atoms with E-state index in [0.29, 0.717) is 5.56 Å². The molecular formula is C24H35N7O9. The number of phenols is 1. The van der Waals surface area contributed by atoms with Crippen LogP contribution in [0.4, 0.5) is 0 Å². The van der Waals surface area contributed by atoms with E-state index in [1.807, 2.05) is 0 Å². The fraction of sp³-hybridized carbons (Fsp3) is 0.458. The van der Waals surface area contributed by atoms with Crippen molar-refractivity contribution in [2.45, 2.75) is 63.2 Å². The normalized spacial score (nSPS) is 13.6. The van der Waals surface area contributed by atoms with Gasteiger partial charge in [-0.3, -0.25) is 33.6 Å². The molecule has 6 amide bonds. The maximum absolute atomic E-state index is 13.1. The Bertz CT molecular complexity index is 1090. The smallest absolute Gasteiger partial charge is 0.325 e. The van der Waals surface area contributed by atoms with Crippen molar-refractivity contribution >= 4 is 41.4 Å². The first-order chi connectivity index (χ1) is 18.7. The second-order valence-corrected chi connectivity index (χ2v) is 8.95. The average molecular weight is 566 g/mol. The van der Waals surface area contributed by atoms with E-state index in [2.05, 4.69) is 21.3 Å². The lowest BCUT2D eigenvalue weighted by Gasteiger charge is -2.24. The molecule has 0 aliphatic rings. The van der Waals surface area contributed by atoms with E-state index < -0.39 is 72.1 Å². The zero-order chi connectivity index (χ0) is 30.4. The number of carboxylic acids is 1. The second kappa shape index (κ2) is 16.3. The molecule has 0 radical (unpaired) electrons. The van der Waals surface area contributed by atoms with Gasteiger partial charge in [-0.15, -0.1) is 0 Å². The molecule has 40 heavy (non-hydrogen) atoms. The SMILES string of the molecule is C[C@H](NC(=O)CNC(=O)[C@H](Cc1ccc(O)cc1)NC(=O)[C@H](CCC(N)=O)NC(=O)[C@@H](N)CCC(N)=O)C(=O)O. The van der Waals surface area contributed by atoms with Gasteiger partial charge in [0.15, 0.2) is 0 Å². The number of amides is 6. The first-order valence-corrected chi connectivity index (χ1v) is 12.2. The van der Waals surface area contributed by atoms with Gasteiger partial charge >= 0.3 is 5.97 Å². The van der Waals surface area contributed by atoms with Crippen molar-refractivity contribution < 1.29 is 43.8 Å². The van der Waals surface area contributed by atoms with Gasteiger partial charge in [-0.05, 0) is 37.5 Å². The molecule has 1 aromatic carbocycles. The average Bonchev–Trinajstić information content (AvgIpc) is 2.88. The standard InChI is InChI=1S/C24H35N7O9/c1-12(24(39)40)29-20(35)11-28-22(37)17(10-13-2-4-14(32)5-3-13)31-23(38)16(7-9-19(27)34)30-21(36)15(25)6-8-18(26)33/h2-5,12,15-17,32H,6-11,25H2,1H3,(H2,26,33)(H2,27,34)(H,28,37)(H,29,35)(H,30,36)(H,31,38)(H,39,40)/t12-,15-,16-,17-/m0/s1. The number of nitrogens with two attached hydrogens (primary N) is 3. The Kier molecular flexibility index (Phi) is 13.6. The van der Waals surface area contributed by atoms with Crippen LogP contribution in [0.1, 0.15) is 38.2 Å². The van der Waals surface area contributed by atoms with Crippen LogP contribution >= 0.6 is 0 Å². The summed E-state index contributed by atoms with van der Waals surface area (Å²) in [6.45, 7) is 0.630. The minimum absolute atomic E-state index is 0.0417. The maximum Gasteiger partial charge on any atom is 0.325 e. The molecule has 4 atom stereocenters. The van der Waals surface area contributed by atoms with Crippen molar-refractivity contribution in [3.63, 3.8) is 0 Å². The van der Waals surface area contributed by atoms with E-state index in [1.165, 1.54) is 31.2 Å². The minimum Gasteiger partial charge on any atom is -0.508 e. The van der Waals surface area contributed by atoms with Gasteiger partial charge in [-0.1, -0.05) is 12.1 Å². The first-order valence-electron chi connectivity index (χ1n) is 12.2. The molecule has 12 N–H and O–H groups in total. The third-order valence-corrected chi connectivity index (χ3v) is 5.53. The van der Waals surface area contributed by atoms with Crippen molar-refractivity contribution in [1.82, 2.24) is 21.3 Å². The Labute approximate surface area is 229 Å². The molecule has 0 heterocycles. The molecule has 1 rings (SSSR count). The summed E-state index contributed by atoms with van der Waals surface area (Å²) in [6, 6.07) is 0.639. The summed E-state index contributed by atoms with van der Waals surface area (Å²) in [5.41, 5.74) is 16.5. The van der Waals surface area contributed by atoms with Crippen molar-refractivity contribution in [3.05, 3.63) is 29.8 Å². The van der Waals surface area contributed by atoms with Crippen LogP contribution in [-0.4, -0.2) is 82.3 Å². The van der Waals surface area contributed by atoms with E-state index in [-0.39, 0.29) is 37.9 Å². The number of primary amides is 2. The van der Waals surface area contributed by atoms with Crippen LogP contribution < -0.4 is 38.5 Å². The highest BCUT2D eigenvalue weighted by Crippen LogP contribution is 2.12. The summed E-state index contributed by atoms with van der Waals surface area (Å²) in [6.07, 6.45) is -0.927. The Morgan fingerprint density at radius 2 is 1.35 bits per heavy atom. The van der Waals surface area contributed by atoms with Crippen LogP contribution in [0.5, 0.6) is 5.75 Å². The third kappa shape index (κ3) is 12.7. The lowest BCUT2D eigenvalue weighted by atomic mass is 10.0. The molecule has 16 nitrogen and oxygen atoms in total. The van der Waals surface area contributed by atoms with Gasteiger partial charge in [0.1, 0.15) is 23.9 Å². The summed E-state index contributed by atoms with van der Waals surface area (Å²) >= 11 is 0. The summed E-state index contributed by atoms with van der Waals surface area (Å²) in [4.78, 5) is 83.8. The first kappa shape index (κ1) is 33.3. The molecule has 0 saturated carbocycles. The van der Waals surface area contributed by atoms with Crippen LogP contribution in [0, 0.1) is 0 Å². The minimum atomic E-state index is -1.35. The van der Waals surface area contributed by atoms with E-state index in [9.17, 15) is 38.7 Å². The molecule has 0 aliphatic heterocycles. The molecule has 0 bridgehead atoms. The molecule has 0 aromatic heterocycles. The largest absolute Gasteiger partial charge is 0.508 e. The van der Waals surface area contributed by atoms with Gasteiger partial charge in [-0.25, -0.2) is 0 Å². The number of hydrogen-bond acceptors (Lipinski definition) is 9. The fourth-order valence-electron chi connectivity index (χ4n) is 3.26. The van der Waals surface area contributed by atoms with Crippen LogP contribution in [0.3, 0.4) is 0 Å². The van der Waals surface area contributed by atoms with Crippen LogP contribution in [0.25, 0.3) is 0 Å². The molecule has 0 saturated heterocycles. The quantitative estimate of drug-likeness (QED) is 0.0896. The summed E-state index contributed by atoms with van der Waals surface area (Å²) in [7, 11) is 0. The zero-order valence-corrected chi connectivity index (χ0v) is 21.8. The second-order valence-electron chi connectivity index (χ2n) is 8.95. The number of aromatic hydroxyl groups is 1. The summed E-state index contributed by atoms with van der Waals surface area (Å²) in [5, 5.41) is 27.7. The highest BCUT2D eigenvalue weighted by molar-refractivity contribution is 5.95. The van der Waals surface area contributed by atoms with Gasteiger partial charge in [0.25, 0.3) is 0 Å². The van der Waals surface area contributed by atoms with E-state index in [4.69, 9.17) is 22.3 Å². The highest BCUT2D eigenvalue weighted by atomic mass is 16.4. The van der Waals surface area contributed by atoms with Gasteiger partial charge in [0.2, 0.25) is 35.4 Å². The van der Waals surface area contributed by atoms with Gasteiger partial charge in [0, 0.05) is 19.3 Å². The number of rotatable bonds is 17. The van der Waals surface area contributed by atoms with Crippen molar-refractivity contribution in [1.29, 1.82) is 0 Å².